The van der Waals surface area contributed by atoms with Crippen molar-refractivity contribution >= 4 is 8.07 Å². The highest BCUT2D eigenvalue weighted by atomic mass is 28.3. The van der Waals surface area contributed by atoms with Gasteiger partial charge < -0.3 is 0 Å². The number of hydrogen-bond donors (Lipinski definition) is 0. The Kier molecular flexibility index (Phi) is 5.51. The number of hydrogen-bond acceptors (Lipinski definition) is 2. The van der Waals surface area contributed by atoms with E-state index in [0.29, 0.717) is 0 Å². The Balaban J connectivity index is 2.50. The standard InChI is InChI=1S/C19H24N2Si/c1-5-22(6-2,7-3)14-11-17-10-9-16(4)15-18(17)19-20-12-8-13-21-19/h8-10,12-13,15H,5-7H2,1-4H3. The predicted molar refractivity (Wildman–Crippen MR) is 96.3 cm³/mol. The van der Waals surface area contributed by atoms with Crippen molar-refractivity contribution in [2.45, 2.75) is 45.8 Å². The lowest BCUT2D eigenvalue weighted by atomic mass is 10.0. The van der Waals surface area contributed by atoms with Crippen LogP contribution in [0.5, 0.6) is 0 Å². The van der Waals surface area contributed by atoms with Crippen molar-refractivity contribution in [3.8, 4) is 22.9 Å². The van der Waals surface area contributed by atoms with Crippen LogP contribution in [0.3, 0.4) is 0 Å². The molecule has 1 aromatic heterocycles. The molecular formula is C19H24N2Si. The molecule has 0 radical (unpaired) electrons. The van der Waals surface area contributed by atoms with Gasteiger partial charge in [-0.05, 0) is 43.3 Å². The van der Waals surface area contributed by atoms with Gasteiger partial charge in [0.05, 0.1) is 0 Å². The summed E-state index contributed by atoms with van der Waals surface area (Å²) in [6.45, 7) is 8.94. The normalized spacial score (nSPS) is 10.9. The molecule has 22 heavy (non-hydrogen) atoms. The van der Waals surface area contributed by atoms with Gasteiger partial charge in [-0.3, -0.25) is 0 Å². The van der Waals surface area contributed by atoms with Crippen LogP contribution in [0.25, 0.3) is 11.4 Å². The SMILES string of the molecule is CC[Si](C#Cc1ccc(C)cc1-c1ncccn1)(CC)CC. The van der Waals surface area contributed by atoms with Gasteiger partial charge in [-0.15, -0.1) is 5.54 Å². The van der Waals surface area contributed by atoms with Gasteiger partial charge in [-0.1, -0.05) is 38.3 Å². The second-order valence-electron chi connectivity index (χ2n) is 5.71. The fourth-order valence-electron chi connectivity index (χ4n) is 2.61. The van der Waals surface area contributed by atoms with E-state index in [1.165, 1.54) is 23.7 Å². The summed E-state index contributed by atoms with van der Waals surface area (Å²) in [6.07, 6.45) is 3.57. The van der Waals surface area contributed by atoms with Crippen molar-refractivity contribution in [2.75, 3.05) is 0 Å². The molecule has 0 spiro atoms. The Labute approximate surface area is 135 Å². The maximum absolute atomic E-state index is 4.39. The van der Waals surface area contributed by atoms with Crippen LogP contribution in [0.2, 0.25) is 18.1 Å². The molecular weight excluding hydrogens is 284 g/mol. The highest BCUT2D eigenvalue weighted by molar-refractivity contribution is 6.87. The van der Waals surface area contributed by atoms with E-state index in [-0.39, 0.29) is 0 Å². The average molecular weight is 309 g/mol. The predicted octanol–water partition coefficient (Wildman–Crippen LogP) is 4.85. The molecule has 2 rings (SSSR count). The van der Waals surface area contributed by atoms with E-state index in [4.69, 9.17) is 0 Å². The van der Waals surface area contributed by atoms with E-state index in [2.05, 4.69) is 67.3 Å². The monoisotopic (exact) mass is 308 g/mol. The lowest BCUT2D eigenvalue weighted by Crippen LogP contribution is -2.29. The van der Waals surface area contributed by atoms with Gasteiger partial charge in [-0.25, -0.2) is 9.97 Å². The molecule has 0 bridgehead atoms. The highest BCUT2D eigenvalue weighted by Crippen LogP contribution is 2.23. The smallest absolute Gasteiger partial charge is 0.160 e. The third-order valence-electron chi connectivity index (χ3n) is 4.47. The van der Waals surface area contributed by atoms with Gasteiger partial charge in [0.1, 0.15) is 8.07 Å². The number of aromatic nitrogens is 2. The summed E-state index contributed by atoms with van der Waals surface area (Å²) in [7, 11) is -1.44. The molecule has 0 saturated heterocycles. The number of benzene rings is 1. The summed E-state index contributed by atoms with van der Waals surface area (Å²) in [6, 6.07) is 11.8. The summed E-state index contributed by atoms with van der Waals surface area (Å²) in [5.41, 5.74) is 6.95. The minimum atomic E-state index is -1.44. The Morgan fingerprint density at radius 1 is 1.00 bits per heavy atom. The molecule has 0 aliphatic heterocycles. The maximum atomic E-state index is 4.39. The summed E-state index contributed by atoms with van der Waals surface area (Å²) in [4.78, 5) is 8.78. The molecule has 3 heteroatoms. The van der Waals surface area contributed by atoms with Gasteiger partial charge in [0.2, 0.25) is 0 Å². The molecule has 2 aromatic rings. The fraction of sp³-hybridized carbons (Fsp3) is 0.368. The van der Waals surface area contributed by atoms with Gasteiger partial charge >= 0.3 is 0 Å². The Morgan fingerprint density at radius 3 is 2.23 bits per heavy atom. The van der Waals surface area contributed by atoms with Crippen LogP contribution >= 0.6 is 0 Å². The maximum Gasteiger partial charge on any atom is 0.160 e. The molecule has 0 saturated carbocycles. The number of aryl methyl sites for hydroxylation is 1. The van der Waals surface area contributed by atoms with Crippen molar-refractivity contribution in [1.29, 1.82) is 0 Å². The molecule has 0 aliphatic rings. The Morgan fingerprint density at radius 2 is 1.64 bits per heavy atom. The minimum absolute atomic E-state index is 0.757. The van der Waals surface area contributed by atoms with Gasteiger partial charge in [-0.2, -0.15) is 0 Å². The lowest BCUT2D eigenvalue weighted by Gasteiger charge is -2.20. The van der Waals surface area contributed by atoms with E-state index in [9.17, 15) is 0 Å². The highest BCUT2D eigenvalue weighted by Gasteiger charge is 2.24. The summed E-state index contributed by atoms with van der Waals surface area (Å²) >= 11 is 0. The average Bonchev–Trinajstić information content (AvgIpc) is 2.58. The van der Waals surface area contributed by atoms with E-state index >= 15 is 0 Å². The van der Waals surface area contributed by atoms with Crippen LogP contribution in [0.4, 0.5) is 0 Å². The quantitative estimate of drug-likeness (QED) is 0.596. The fourth-order valence-corrected chi connectivity index (χ4v) is 5.04. The topological polar surface area (TPSA) is 25.8 Å². The van der Waals surface area contributed by atoms with Gasteiger partial charge in [0, 0.05) is 23.5 Å². The molecule has 0 N–H and O–H groups in total. The number of rotatable bonds is 4. The molecule has 2 nitrogen and oxygen atoms in total. The first kappa shape index (κ1) is 16.4. The summed E-state index contributed by atoms with van der Waals surface area (Å²) < 4.78 is 0. The van der Waals surface area contributed by atoms with Gasteiger partial charge in [0.15, 0.2) is 5.82 Å². The molecule has 0 unspecified atom stereocenters. The molecule has 0 atom stereocenters. The second kappa shape index (κ2) is 7.37. The first-order chi connectivity index (χ1) is 10.6. The van der Waals surface area contributed by atoms with Crippen LogP contribution in [0.15, 0.2) is 36.7 Å². The zero-order chi connectivity index (χ0) is 16.0. The Hall–Kier alpha value is -1.92. The van der Waals surface area contributed by atoms with Crippen molar-refractivity contribution in [1.82, 2.24) is 9.97 Å². The zero-order valence-electron chi connectivity index (χ0n) is 14.0. The van der Waals surface area contributed by atoms with Crippen LogP contribution in [0, 0.1) is 18.4 Å². The molecule has 1 aromatic carbocycles. The lowest BCUT2D eigenvalue weighted by molar-refractivity contribution is 1.17. The summed E-state index contributed by atoms with van der Waals surface area (Å²) in [5.74, 6) is 4.22. The van der Waals surface area contributed by atoms with Crippen LogP contribution in [0.1, 0.15) is 31.9 Å². The zero-order valence-corrected chi connectivity index (χ0v) is 15.0. The number of nitrogens with zero attached hydrogens (tertiary/aromatic N) is 2. The molecule has 114 valence electrons. The molecule has 0 aliphatic carbocycles. The third-order valence-corrected chi connectivity index (χ3v) is 9.19. The van der Waals surface area contributed by atoms with Crippen molar-refractivity contribution in [2.24, 2.45) is 0 Å². The van der Waals surface area contributed by atoms with E-state index in [1.54, 1.807) is 12.4 Å². The molecule has 0 fully saturated rings. The van der Waals surface area contributed by atoms with Crippen molar-refractivity contribution in [3.05, 3.63) is 47.8 Å². The van der Waals surface area contributed by atoms with Gasteiger partial charge in [0.25, 0.3) is 0 Å². The second-order valence-corrected chi connectivity index (χ2v) is 10.6. The summed E-state index contributed by atoms with van der Waals surface area (Å²) in [5, 5.41) is 0. The Bertz CT molecular complexity index is 671. The molecule has 1 heterocycles. The van der Waals surface area contributed by atoms with E-state index in [1.807, 2.05) is 6.07 Å². The largest absolute Gasteiger partial charge is 0.237 e. The molecule has 0 amide bonds. The van der Waals surface area contributed by atoms with Crippen LogP contribution in [-0.4, -0.2) is 18.0 Å². The van der Waals surface area contributed by atoms with Crippen LogP contribution < -0.4 is 0 Å². The van der Waals surface area contributed by atoms with E-state index < -0.39 is 8.07 Å². The van der Waals surface area contributed by atoms with Crippen LogP contribution in [-0.2, 0) is 0 Å². The van der Waals surface area contributed by atoms with Crippen molar-refractivity contribution in [3.63, 3.8) is 0 Å². The first-order valence-corrected chi connectivity index (χ1v) is 10.7. The van der Waals surface area contributed by atoms with E-state index in [0.717, 1.165) is 17.0 Å². The first-order valence-electron chi connectivity index (χ1n) is 8.05. The minimum Gasteiger partial charge on any atom is -0.237 e. The third kappa shape index (κ3) is 3.64. The van der Waals surface area contributed by atoms with Crippen molar-refractivity contribution < 1.29 is 0 Å².